The molecule has 1 aliphatic rings. The summed E-state index contributed by atoms with van der Waals surface area (Å²) in [6.07, 6.45) is 1.36. The van der Waals surface area contributed by atoms with Crippen LogP contribution in [-0.4, -0.2) is 28.4 Å². The smallest absolute Gasteiger partial charge is 0.303 e. The second kappa shape index (κ2) is 8.04. The molecule has 25 heavy (non-hydrogen) atoms. The van der Waals surface area contributed by atoms with Gasteiger partial charge in [0.2, 0.25) is 11.8 Å². The van der Waals surface area contributed by atoms with E-state index in [1.165, 1.54) is 0 Å². The Bertz CT molecular complexity index is 660. The lowest BCUT2D eigenvalue weighted by atomic mass is 9.86. The fourth-order valence-corrected chi connectivity index (χ4v) is 2.97. The van der Waals surface area contributed by atoms with Crippen LogP contribution < -0.4 is 10.6 Å². The molecule has 1 fully saturated rings. The predicted molar refractivity (Wildman–Crippen MR) is 84.4 cm³/mol. The Balaban J connectivity index is 1.86. The first-order valence-electron chi connectivity index (χ1n) is 8.02. The summed E-state index contributed by atoms with van der Waals surface area (Å²) in [6, 6.07) is 3.02. The minimum Gasteiger partial charge on any atom is -0.481 e. The molecule has 0 unspecified atom stereocenters. The number of carboxylic acids is 1. The Morgan fingerprint density at radius 2 is 1.80 bits per heavy atom. The molecule has 1 heterocycles. The van der Waals surface area contributed by atoms with Gasteiger partial charge in [-0.25, -0.2) is 8.78 Å². The number of halogens is 2. The molecule has 0 spiro atoms. The molecule has 136 valence electrons. The minimum atomic E-state index is -0.960. The monoisotopic (exact) mass is 354 g/mol. The number of benzene rings is 1. The summed E-state index contributed by atoms with van der Waals surface area (Å²) in [5.74, 6) is -2.88. The summed E-state index contributed by atoms with van der Waals surface area (Å²) in [6.45, 7) is -0.0119. The molecule has 1 aromatic carbocycles. The molecule has 8 heteroatoms. The summed E-state index contributed by atoms with van der Waals surface area (Å²) in [7, 11) is 0. The molecule has 6 nitrogen and oxygen atoms in total. The van der Waals surface area contributed by atoms with Crippen molar-refractivity contribution < 1.29 is 28.3 Å². The molecule has 1 saturated heterocycles. The van der Waals surface area contributed by atoms with Crippen LogP contribution >= 0.6 is 0 Å². The summed E-state index contributed by atoms with van der Waals surface area (Å²) < 4.78 is 26.2. The van der Waals surface area contributed by atoms with Crippen molar-refractivity contribution in [1.82, 2.24) is 10.6 Å². The van der Waals surface area contributed by atoms with Crippen molar-refractivity contribution in [3.63, 3.8) is 0 Å². The molecule has 3 N–H and O–H groups in total. The number of carbonyl (C=O) groups excluding carboxylic acids is 2. The highest BCUT2D eigenvalue weighted by atomic mass is 19.1. The lowest BCUT2D eigenvalue weighted by molar-refractivity contribution is -0.137. The highest BCUT2D eigenvalue weighted by Gasteiger charge is 2.37. The molecule has 2 amide bonds. The summed E-state index contributed by atoms with van der Waals surface area (Å²) in [5, 5.41) is 14.2. The summed E-state index contributed by atoms with van der Waals surface area (Å²) in [5.41, 5.74) is -0.377. The van der Waals surface area contributed by atoms with Crippen LogP contribution in [0.1, 0.15) is 44.1 Å². The molecule has 0 aromatic heterocycles. The third-order valence-corrected chi connectivity index (χ3v) is 4.30. The average Bonchev–Trinajstić information content (AvgIpc) is 2.90. The number of amides is 2. The zero-order valence-electron chi connectivity index (χ0n) is 13.6. The van der Waals surface area contributed by atoms with Gasteiger partial charge >= 0.3 is 5.97 Å². The van der Waals surface area contributed by atoms with Gasteiger partial charge in [0.25, 0.3) is 0 Å². The SMILES string of the molecule is O=C(O)CC[C@]1(CCC(=O)NCc2cc(F)cc(F)c2)CCC(=O)N1. The van der Waals surface area contributed by atoms with Crippen molar-refractivity contribution in [3.8, 4) is 0 Å². The first kappa shape index (κ1) is 18.8. The Hall–Kier alpha value is -2.51. The molecule has 0 saturated carbocycles. The normalized spacial score (nSPS) is 19.5. The van der Waals surface area contributed by atoms with Crippen LogP contribution in [0.3, 0.4) is 0 Å². The maximum atomic E-state index is 13.1. The highest BCUT2D eigenvalue weighted by molar-refractivity contribution is 5.80. The lowest BCUT2D eigenvalue weighted by Gasteiger charge is -2.28. The summed E-state index contributed by atoms with van der Waals surface area (Å²) in [4.78, 5) is 34.2. The quantitative estimate of drug-likeness (QED) is 0.664. The second-order valence-corrected chi connectivity index (χ2v) is 6.28. The van der Waals surface area contributed by atoms with Gasteiger partial charge in [-0.2, -0.15) is 0 Å². The van der Waals surface area contributed by atoms with E-state index >= 15 is 0 Å². The Kier molecular flexibility index (Phi) is 6.06. The number of rotatable bonds is 8. The van der Waals surface area contributed by atoms with Crippen molar-refractivity contribution >= 4 is 17.8 Å². The van der Waals surface area contributed by atoms with Gasteiger partial charge in [-0.05, 0) is 37.0 Å². The maximum absolute atomic E-state index is 13.1. The van der Waals surface area contributed by atoms with E-state index in [1.54, 1.807) is 0 Å². The third-order valence-electron chi connectivity index (χ3n) is 4.30. The second-order valence-electron chi connectivity index (χ2n) is 6.28. The minimum absolute atomic E-state index is 0.0119. The molecule has 0 aliphatic carbocycles. The Labute approximate surface area is 143 Å². The third kappa shape index (κ3) is 5.81. The number of carbonyl (C=O) groups is 3. The number of aliphatic carboxylic acids is 1. The largest absolute Gasteiger partial charge is 0.481 e. The number of hydrogen-bond donors (Lipinski definition) is 3. The van der Waals surface area contributed by atoms with Crippen molar-refractivity contribution in [2.24, 2.45) is 0 Å². The molecular formula is C17H20F2N2O4. The molecule has 1 aromatic rings. The number of carboxylic acid groups (broad SMARTS) is 1. The van der Waals surface area contributed by atoms with E-state index in [0.717, 1.165) is 18.2 Å². The van der Waals surface area contributed by atoms with Crippen molar-refractivity contribution in [2.45, 2.75) is 50.6 Å². The molecular weight excluding hydrogens is 334 g/mol. The van der Waals surface area contributed by atoms with Gasteiger partial charge in [0, 0.05) is 37.4 Å². The van der Waals surface area contributed by atoms with Crippen molar-refractivity contribution in [3.05, 3.63) is 35.4 Å². The first-order chi connectivity index (χ1) is 11.8. The molecule has 0 radical (unpaired) electrons. The fraction of sp³-hybridized carbons (Fsp3) is 0.471. The van der Waals surface area contributed by atoms with E-state index in [1.807, 2.05) is 0 Å². The molecule has 0 bridgehead atoms. The highest BCUT2D eigenvalue weighted by Crippen LogP contribution is 2.30. The average molecular weight is 354 g/mol. The maximum Gasteiger partial charge on any atom is 0.303 e. The van der Waals surface area contributed by atoms with E-state index in [-0.39, 0.29) is 37.6 Å². The van der Waals surface area contributed by atoms with E-state index < -0.39 is 23.1 Å². The molecule has 2 rings (SSSR count). The van der Waals surface area contributed by atoms with Gasteiger partial charge in [-0.15, -0.1) is 0 Å². The topological polar surface area (TPSA) is 95.5 Å². The van der Waals surface area contributed by atoms with Crippen LogP contribution in [0.15, 0.2) is 18.2 Å². The standard InChI is InChI=1S/C17H20F2N2O4/c18-12-7-11(8-13(19)9-12)10-20-14(22)1-4-17(6-3-16(24)25)5-2-15(23)21-17/h7-9H,1-6,10H2,(H,20,22)(H,21,23)(H,24,25)/t17-/m0/s1. The van der Waals surface area contributed by atoms with E-state index in [4.69, 9.17) is 5.11 Å². The predicted octanol–water partition coefficient (Wildman–Crippen LogP) is 1.87. The molecule has 1 atom stereocenters. The van der Waals surface area contributed by atoms with Crippen LogP contribution in [-0.2, 0) is 20.9 Å². The van der Waals surface area contributed by atoms with Crippen LogP contribution in [0, 0.1) is 11.6 Å². The molecule has 1 aliphatic heterocycles. The number of hydrogen-bond acceptors (Lipinski definition) is 3. The van der Waals surface area contributed by atoms with Gasteiger partial charge in [0.05, 0.1) is 0 Å². The Morgan fingerprint density at radius 1 is 1.16 bits per heavy atom. The van der Waals surface area contributed by atoms with Crippen LogP contribution in [0.5, 0.6) is 0 Å². The zero-order valence-corrected chi connectivity index (χ0v) is 13.6. The summed E-state index contributed by atoms with van der Waals surface area (Å²) >= 11 is 0. The van der Waals surface area contributed by atoms with Gasteiger partial charge in [-0.3, -0.25) is 14.4 Å². The van der Waals surface area contributed by atoms with Crippen LogP contribution in [0.25, 0.3) is 0 Å². The van der Waals surface area contributed by atoms with Gasteiger partial charge in [0.1, 0.15) is 11.6 Å². The lowest BCUT2D eigenvalue weighted by Crippen LogP contribution is -2.43. The van der Waals surface area contributed by atoms with Gasteiger partial charge < -0.3 is 15.7 Å². The first-order valence-corrected chi connectivity index (χ1v) is 8.02. The van der Waals surface area contributed by atoms with Gasteiger partial charge in [-0.1, -0.05) is 0 Å². The van der Waals surface area contributed by atoms with Crippen LogP contribution in [0.4, 0.5) is 8.78 Å². The number of nitrogens with one attached hydrogen (secondary N) is 2. The van der Waals surface area contributed by atoms with E-state index in [2.05, 4.69) is 10.6 Å². The Morgan fingerprint density at radius 3 is 2.36 bits per heavy atom. The van der Waals surface area contributed by atoms with Crippen molar-refractivity contribution in [2.75, 3.05) is 0 Å². The van der Waals surface area contributed by atoms with Crippen molar-refractivity contribution in [1.29, 1.82) is 0 Å². The van der Waals surface area contributed by atoms with Gasteiger partial charge in [0.15, 0.2) is 0 Å². The zero-order chi connectivity index (χ0) is 18.4. The van der Waals surface area contributed by atoms with E-state index in [0.29, 0.717) is 24.8 Å². The van der Waals surface area contributed by atoms with Crippen LogP contribution in [0.2, 0.25) is 0 Å². The fourth-order valence-electron chi connectivity index (χ4n) is 2.97. The van der Waals surface area contributed by atoms with E-state index in [9.17, 15) is 23.2 Å².